The first kappa shape index (κ1) is 17.7. The number of rotatable bonds is 4. The van der Waals surface area contributed by atoms with Crippen LogP contribution in [0.25, 0.3) is 0 Å². The molecule has 27 heavy (non-hydrogen) atoms. The van der Waals surface area contributed by atoms with Gasteiger partial charge in [0.15, 0.2) is 0 Å². The number of hydrogen-bond acceptors (Lipinski definition) is 3. The van der Waals surface area contributed by atoms with E-state index in [0.717, 1.165) is 24.2 Å². The number of carbonyl (C=O) groups excluding carboxylic acids is 1. The third-order valence-electron chi connectivity index (χ3n) is 4.79. The summed E-state index contributed by atoms with van der Waals surface area (Å²) in [6.45, 7) is 2.43. The highest BCUT2D eigenvalue weighted by molar-refractivity contribution is 6.30. The van der Waals surface area contributed by atoms with Crippen LogP contribution in [0.4, 0.5) is 0 Å². The number of benzene rings is 1. The van der Waals surface area contributed by atoms with E-state index in [4.69, 9.17) is 16.3 Å². The van der Waals surface area contributed by atoms with E-state index in [2.05, 4.69) is 5.10 Å². The number of amides is 1. The first-order valence-electron chi connectivity index (χ1n) is 8.96. The van der Waals surface area contributed by atoms with Crippen molar-refractivity contribution < 1.29 is 9.53 Å². The molecule has 1 aromatic carbocycles. The lowest BCUT2D eigenvalue weighted by atomic mass is 10.2. The van der Waals surface area contributed by atoms with E-state index in [1.807, 2.05) is 46.0 Å². The molecule has 4 rings (SSSR count). The first-order valence-corrected chi connectivity index (χ1v) is 9.33. The molecular weight excluding hydrogens is 364 g/mol. The van der Waals surface area contributed by atoms with Gasteiger partial charge < -0.3 is 14.2 Å². The fourth-order valence-corrected chi connectivity index (χ4v) is 3.43. The SMILES string of the molecule is Cn1c(Cl)ccc1C(=O)N1CCCn2nc(OCc3ccccc3)cc2C1. The minimum atomic E-state index is -0.0224. The molecular formula is C20H21ClN4O2. The quantitative estimate of drug-likeness (QED) is 0.691. The lowest BCUT2D eigenvalue weighted by Crippen LogP contribution is -2.32. The van der Waals surface area contributed by atoms with Crippen LogP contribution in [0.1, 0.15) is 28.2 Å². The number of halogens is 1. The van der Waals surface area contributed by atoms with Crippen LogP contribution in [-0.2, 0) is 26.7 Å². The van der Waals surface area contributed by atoms with E-state index >= 15 is 0 Å². The Hall–Kier alpha value is -2.73. The summed E-state index contributed by atoms with van der Waals surface area (Å²) >= 11 is 6.08. The molecule has 0 saturated heterocycles. The van der Waals surface area contributed by atoms with Crippen LogP contribution >= 0.6 is 11.6 Å². The van der Waals surface area contributed by atoms with Crippen molar-refractivity contribution in [3.8, 4) is 5.88 Å². The summed E-state index contributed by atoms with van der Waals surface area (Å²) in [7, 11) is 1.80. The zero-order valence-corrected chi connectivity index (χ0v) is 15.9. The highest BCUT2D eigenvalue weighted by atomic mass is 35.5. The van der Waals surface area contributed by atoms with Crippen LogP contribution in [-0.4, -0.2) is 31.7 Å². The average Bonchev–Trinajstić information content (AvgIpc) is 3.16. The summed E-state index contributed by atoms with van der Waals surface area (Å²) in [5, 5.41) is 5.09. The van der Waals surface area contributed by atoms with Gasteiger partial charge in [-0.1, -0.05) is 41.9 Å². The van der Waals surface area contributed by atoms with E-state index in [9.17, 15) is 4.79 Å². The fraction of sp³-hybridized carbons (Fsp3) is 0.300. The molecule has 1 amide bonds. The zero-order chi connectivity index (χ0) is 18.8. The van der Waals surface area contributed by atoms with Gasteiger partial charge >= 0.3 is 0 Å². The normalized spacial score (nSPS) is 13.9. The van der Waals surface area contributed by atoms with Crippen LogP contribution < -0.4 is 4.74 Å². The summed E-state index contributed by atoms with van der Waals surface area (Å²) in [6, 6.07) is 15.4. The first-order chi connectivity index (χ1) is 13.1. The molecule has 3 aromatic rings. The molecule has 0 atom stereocenters. The van der Waals surface area contributed by atoms with Gasteiger partial charge in [0.2, 0.25) is 5.88 Å². The summed E-state index contributed by atoms with van der Waals surface area (Å²) in [6.07, 6.45) is 0.844. The Balaban J connectivity index is 1.48. The van der Waals surface area contributed by atoms with E-state index < -0.39 is 0 Å². The van der Waals surface area contributed by atoms with Crippen molar-refractivity contribution >= 4 is 17.5 Å². The second-order valence-corrected chi connectivity index (χ2v) is 7.04. The maximum atomic E-state index is 12.9. The second kappa shape index (κ2) is 7.48. The molecule has 0 aliphatic carbocycles. The predicted molar refractivity (Wildman–Crippen MR) is 103 cm³/mol. The highest BCUT2D eigenvalue weighted by Gasteiger charge is 2.24. The van der Waals surface area contributed by atoms with Gasteiger partial charge in [0.25, 0.3) is 5.91 Å². The predicted octanol–water partition coefficient (Wildman–Crippen LogP) is 3.50. The summed E-state index contributed by atoms with van der Waals surface area (Å²) < 4.78 is 9.48. The van der Waals surface area contributed by atoms with Crippen LogP contribution in [0.15, 0.2) is 48.5 Å². The average molecular weight is 385 g/mol. The smallest absolute Gasteiger partial charge is 0.270 e. The van der Waals surface area contributed by atoms with Gasteiger partial charge in [0.05, 0.1) is 12.2 Å². The highest BCUT2D eigenvalue weighted by Crippen LogP contribution is 2.21. The van der Waals surface area contributed by atoms with Gasteiger partial charge in [-0.15, -0.1) is 5.10 Å². The Labute approximate surface area is 162 Å². The molecule has 3 heterocycles. The van der Waals surface area contributed by atoms with Crippen molar-refractivity contribution in [3.05, 3.63) is 70.6 Å². The fourth-order valence-electron chi connectivity index (χ4n) is 3.27. The van der Waals surface area contributed by atoms with Crippen molar-refractivity contribution in [3.63, 3.8) is 0 Å². The number of fused-ring (bicyclic) bond motifs is 1. The lowest BCUT2D eigenvalue weighted by molar-refractivity contribution is 0.0736. The molecule has 0 fully saturated rings. The molecule has 0 unspecified atom stereocenters. The molecule has 2 aromatic heterocycles. The number of nitrogens with zero attached hydrogens (tertiary/aromatic N) is 4. The standard InChI is InChI=1S/C20H21ClN4O2/c1-23-17(8-9-18(23)21)20(26)24-10-5-11-25-16(13-24)12-19(22-25)27-14-15-6-3-2-4-7-15/h2-4,6-9,12H,5,10-11,13-14H2,1H3. The van der Waals surface area contributed by atoms with Crippen molar-refractivity contribution in [2.24, 2.45) is 7.05 Å². The minimum Gasteiger partial charge on any atom is -0.472 e. The van der Waals surface area contributed by atoms with E-state index in [1.165, 1.54) is 0 Å². The van der Waals surface area contributed by atoms with Gasteiger partial charge in [0.1, 0.15) is 17.5 Å². The molecule has 0 spiro atoms. The molecule has 1 aliphatic heterocycles. The monoisotopic (exact) mass is 384 g/mol. The number of carbonyl (C=O) groups is 1. The Kier molecular flexibility index (Phi) is 4.90. The molecule has 0 N–H and O–H groups in total. The number of aryl methyl sites for hydroxylation is 1. The number of aromatic nitrogens is 3. The molecule has 0 radical (unpaired) electrons. The van der Waals surface area contributed by atoms with Crippen molar-refractivity contribution in [1.82, 2.24) is 19.2 Å². The van der Waals surface area contributed by atoms with Gasteiger partial charge in [0, 0.05) is 26.2 Å². The summed E-state index contributed by atoms with van der Waals surface area (Å²) in [4.78, 5) is 14.7. The van der Waals surface area contributed by atoms with Crippen molar-refractivity contribution in [1.29, 1.82) is 0 Å². The largest absolute Gasteiger partial charge is 0.472 e. The Morgan fingerprint density at radius 2 is 2.00 bits per heavy atom. The number of ether oxygens (including phenoxy) is 1. The summed E-state index contributed by atoms with van der Waals surface area (Å²) in [5.41, 5.74) is 2.66. The Morgan fingerprint density at radius 3 is 2.74 bits per heavy atom. The molecule has 0 saturated carbocycles. The van der Waals surface area contributed by atoms with Gasteiger partial charge in [-0.25, -0.2) is 0 Å². The van der Waals surface area contributed by atoms with Gasteiger partial charge in [-0.3, -0.25) is 9.48 Å². The van der Waals surface area contributed by atoms with Crippen LogP contribution in [0.2, 0.25) is 5.15 Å². The van der Waals surface area contributed by atoms with Gasteiger partial charge in [-0.2, -0.15) is 0 Å². The molecule has 140 valence electrons. The molecule has 7 heteroatoms. The third-order valence-corrected chi connectivity index (χ3v) is 5.17. The van der Waals surface area contributed by atoms with Crippen molar-refractivity contribution in [2.75, 3.05) is 6.54 Å². The zero-order valence-electron chi connectivity index (χ0n) is 15.1. The second-order valence-electron chi connectivity index (χ2n) is 6.65. The van der Waals surface area contributed by atoms with Crippen LogP contribution in [0.5, 0.6) is 5.88 Å². The Morgan fingerprint density at radius 1 is 1.19 bits per heavy atom. The van der Waals surface area contributed by atoms with E-state index in [1.54, 1.807) is 23.7 Å². The van der Waals surface area contributed by atoms with Gasteiger partial charge in [-0.05, 0) is 24.1 Å². The molecule has 0 bridgehead atoms. The number of hydrogen-bond donors (Lipinski definition) is 0. The molecule has 6 nitrogen and oxygen atoms in total. The van der Waals surface area contributed by atoms with Crippen LogP contribution in [0.3, 0.4) is 0 Å². The lowest BCUT2D eigenvalue weighted by Gasteiger charge is -2.20. The maximum Gasteiger partial charge on any atom is 0.270 e. The topological polar surface area (TPSA) is 52.3 Å². The minimum absolute atomic E-state index is 0.0224. The third kappa shape index (κ3) is 3.71. The van der Waals surface area contributed by atoms with E-state index in [0.29, 0.717) is 36.4 Å². The van der Waals surface area contributed by atoms with Crippen LogP contribution in [0, 0.1) is 0 Å². The Bertz CT molecular complexity index is 948. The molecule has 1 aliphatic rings. The van der Waals surface area contributed by atoms with Crippen molar-refractivity contribution in [2.45, 2.75) is 26.1 Å². The maximum absolute atomic E-state index is 12.9. The van der Waals surface area contributed by atoms with E-state index in [-0.39, 0.29) is 5.91 Å². The summed E-state index contributed by atoms with van der Waals surface area (Å²) in [5.74, 6) is 0.566.